The first kappa shape index (κ1) is 17.6. The third-order valence-corrected chi connectivity index (χ3v) is 4.64. The highest BCUT2D eigenvalue weighted by Gasteiger charge is 2.60. The molecular formula is C19H20F3NO2. The number of aryl methyl sites for hydroxylation is 1. The molecule has 1 aromatic heterocycles. The van der Waals surface area contributed by atoms with Crippen LogP contribution in [0.5, 0.6) is 5.75 Å². The molecule has 2 N–H and O–H groups in total. The van der Waals surface area contributed by atoms with E-state index in [4.69, 9.17) is 4.74 Å². The van der Waals surface area contributed by atoms with Gasteiger partial charge in [-0.3, -0.25) is 0 Å². The summed E-state index contributed by atoms with van der Waals surface area (Å²) in [7, 11) is 0. The van der Waals surface area contributed by atoms with Gasteiger partial charge in [-0.25, -0.2) is 0 Å². The van der Waals surface area contributed by atoms with E-state index in [0.29, 0.717) is 10.9 Å². The van der Waals surface area contributed by atoms with Crippen LogP contribution in [-0.4, -0.2) is 22.9 Å². The molecule has 0 spiro atoms. The lowest BCUT2D eigenvalue weighted by molar-refractivity contribution is -0.281. The molecule has 1 aliphatic rings. The Kier molecular flexibility index (Phi) is 4.41. The molecule has 2 unspecified atom stereocenters. The smallest absolute Gasteiger partial charge is 0.422 e. The van der Waals surface area contributed by atoms with E-state index in [9.17, 15) is 18.3 Å². The molecule has 1 heterocycles. The standard InChI is InChI=1S/C19H20F3NO2/c1-3-25-15-11-12(2)17-14(9-10-23-17)16(15)18(24,19(20,21)22)13-7-5-4-6-8-13/h4-7,9-11,13,23-24H,3,8H2,1-2H3. The monoisotopic (exact) mass is 351 g/mol. The third kappa shape index (κ3) is 2.74. The van der Waals surface area contributed by atoms with E-state index in [2.05, 4.69) is 4.98 Å². The fraction of sp³-hybridized carbons (Fsp3) is 0.368. The average molecular weight is 351 g/mol. The molecule has 0 saturated carbocycles. The zero-order valence-corrected chi connectivity index (χ0v) is 14.0. The SMILES string of the molecule is CCOc1cc(C)c2[nH]ccc2c1C(O)(C1C=CC=CC1)C(F)(F)F. The minimum absolute atomic E-state index is 0.0647. The van der Waals surface area contributed by atoms with Crippen molar-refractivity contribution in [2.45, 2.75) is 32.0 Å². The molecule has 1 aromatic carbocycles. The quantitative estimate of drug-likeness (QED) is 0.834. The predicted octanol–water partition coefficient (Wildman–Crippen LogP) is 4.76. The summed E-state index contributed by atoms with van der Waals surface area (Å²) < 4.78 is 48.0. The van der Waals surface area contributed by atoms with Crippen molar-refractivity contribution >= 4 is 10.9 Å². The number of fused-ring (bicyclic) bond motifs is 1. The van der Waals surface area contributed by atoms with Crippen LogP contribution in [-0.2, 0) is 5.60 Å². The van der Waals surface area contributed by atoms with E-state index in [0.717, 1.165) is 5.56 Å². The van der Waals surface area contributed by atoms with Gasteiger partial charge in [-0.05, 0) is 38.0 Å². The minimum atomic E-state index is -4.86. The number of allylic oxidation sites excluding steroid dienone is 3. The highest BCUT2D eigenvalue weighted by atomic mass is 19.4. The average Bonchev–Trinajstić information content (AvgIpc) is 3.04. The Hall–Kier alpha value is -2.21. The van der Waals surface area contributed by atoms with E-state index >= 15 is 0 Å². The van der Waals surface area contributed by atoms with Crippen LogP contribution in [0.3, 0.4) is 0 Å². The topological polar surface area (TPSA) is 45.2 Å². The summed E-state index contributed by atoms with van der Waals surface area (Å²) in [4.78, 5) is 2.96. The van der Waals surface area contributed by atoms with Gasteiger partial charge in [-0.1, -0.05) is 24.3 Å². The Labute approximate surface area is 143 Å². The normalized spacial score (nSPS) is 20.0. The number of ether oxygens (including phenoxy) is 1. The van der Waals surface area contributed by atoms with Crippen LogP contribution in [0.1, 0.15) is 24.5 Å². The molecule has 1 aliphatic carbocycles. The summed E-state index contributed by atoms with van der Waals surface area (Å²) in [5.74, 6) is -1.06. The second-order valence-corrected chi connectivity index (χ2v) is 6.19. The van der Waals surface area contributed by atoms with Gasteiger partial charge < -0.3 is 14.8 Å². The van der Waals surface area contributed by atoms with Gasteiger partial charge >= 0.3 is 6.18 Å². The Bertz CT molecular complexity index is 835. The molecular weight excluding hydrogens is 331 g/mol. The summed E-state index contributed by atoms with van der Waals surface area (Å²) in [5.41, 5.74) is -1.95. The zero-order chi connectivity index (χ0) is 18.2. The summed E-state index contributed by atoms with van der Waals surface area (Å²) in [6.45, 7) is 3.70. The molecule has 0 radical (unpaired) electrons. The molecule has 3 rings (SSSR count). The molecule has 134 valence electrons. The van der Waals surface area contributed by atoms with Crippen LogP contribution >= 0.6 is 0 Å². The number of halogens is 3. The lowest BCUT2D eigenvalue weighted by Crippen LogP contribution is -2.48. The summed E-state index contributed by atoms with van der Waals surface area (Å²) in [5, 5.41) is 11.4. The maximum absolute atomic E-state index is 14.2. The lowest BCUT2D eigenvalue weighted by atomic mass is 9.75. The molecule has 0 bridgehead atoms. The van der Waals surface area contributed by atoms with Crippen molar-refractivity contribution < 1.29 is 23.0 Å². The Morgan fingerprint density at radius 3 is 2.68 bits per heavy atom. The van der Waals surface area contributed by atoms with E-state index in [1.165, 1.54) is 12.2 Å². The van der Waals surface area contributed by atoms with Gasteiger partial charge in [0.1, 0.15) is 5.75 Å². The summed E-state index contributed by atoms with van der Waals surface area (Å²) in [6.07, 6.45) is 3.05. The number of hydrogen-bond acceptors (Lipinski definition) is 2. The van der Waals surface area contributed by atoms with Crippen molar-refractivity contribution in [1.29, 1.82) is 0 Å². The second kappa shape index (κ2) is 6.26. The number of H-pyrrole nitrogens is 1. The van der Waals surface area contributed by atoms with Gasteiger partial charge in [0, 0.05) is 28.6 Å². The molecule has 3 nitrogen and oxygen atoms in total. The number of benzene rings is 1. The number of aromatic nitrogens is 1. The Morgan fingerprint density at radius 1 is 1.32 bits per heavy atom. The summed E-state index contributed by atoms with van der Waals surface area (Å²) in [6, 6.07) is 3.11. The van der Waals surface area contributed by atoms with Crippen molar-refractivity contribution in [3.63, 3.8) is 0 Å². The van der Waals surface area contributed by atoms with Gasteiger partial charge in [-0.2, -0.15) is 13.2 Å². The van der Waals surface area contributed by atoms with Gasteiger partial charge in [0.15, 0.2) is 5.60 Å². The van der Waals surface area contributed by atoms with Crippen molar-refractivity contribution in [1.82, 2.24) is 4.98 Å². The van der Waals surface area contributed by atoms with Crippen molar-refractivity contribution in [2.24, 2.45) is 5.92 Å². The highest BCUT2D eigenvalue weighted by molar-refractivity contribution is 5.89. The number of aromatic amines is 1. The van der Waals surface area contributed by atoms with Crippen LogP contribution in [0.4, 0.5) is 13.2 Å². The van der Waals surface area contributed by atoms with E-state index in [-0.39, 0.29) is 24.3 Å². The summed E-state index contributed by atoms with van der Waals surface area (Å²) >= 11 is 0. The molecule has 25 heavy (non-hydrogen) atoms. The van der Waals surface area contributed by atoms with Crippen LogP contribution in [0.15, 0.2) is 42.6 Å². The molecule has 0 amide bonds. The van der Waals surface area contributed by atoms with Gasteiger partial charge in [0.2, 0.25) is 0 Å². The van der Waals surface area contributed by atoms with Gasteiger partial charge in [0.05, 0.1) is 6.61 Å². The molecule has 0 fully saturated rings. The van der Waals surface area contributed by atoms with Crippen molar-refractivity contribution in [2.75, 3.05) is 6.61 Å². The molecule has 0 saturated heterocycles. The molecule has 0 aliphatic heterocycles. The fourth-order valence-electron chi connectivity index (χ4n) is 3.47. The molecule has 6 heteroatoms. The largest absolute Gasteiger partial charge is 0.493 e. The number of rotatable bonds is 4. The highest BCUT2D eigenvalue weighted by Crippen LogP contribution is 2.52. The van der Waals surface area contributed by atoms with Crippen LogP contribution in [0, 0.1) is 12.8 Å². The maximum Gasteiger partial charge on any atom is 0.422 e. The zero-order valence-electron chi connectivity index (χ0n) is 14.0. The first-order valence-electron chi connectivity index (χ1n) is 8.17. The van der Waals surface area contributed by atoms with Crippen LogP contribution in [0.2, 0.25) is 0 Å². The first-order valence-corrected chi connectivity index (χ1v) is 8.17. The molecule has 2 aromatic rings. The number of nitrogens with one attached hydrogen (secondary N) is 1. The molecule has 2 atom stereocenters. The number of aliphatic hydroxyl groups is 1. The van der Waals surface area contributed by atoms with Crippen molar-refractivity contribution in [3.8, 4) is 5.75 Å². The lowest BCUT2D eigenvalue weighted by Gasteiger charge is -2.38. The maximum atomic E-state index is 14.2. The first-order chi connectivity index (χ1) is 11.8. The van der Waals surface area contributed by atoms with E-state index < -0.39 is 17.7 Å². The van der Waals surface area contributed by atoms with Gasteiger partial charge in [-0.15, -0.1) is 0 Å². The Morgan fingerprint density at radius 2 is 2.08 bits per heavy atom. The number of hydrogen-bond donors (Lipinski definition) is 2. The predicted molar refractivity (Wildman–Crippen MR) is 90.5 cm³/mol. The Balaban J connectivity index is 2.34. The fourth-order valence-corrected chi connectivity index (χ4v) is 3.47. The van der Waals surface area contributed by atoms with Gasteiger partial charge in [0.25, 0.3) is 0 Å². The second-order valence-electron chi connectivity index (χ2n) is 6.19. The third-order valence-electron chi connectivity index (χ3n) is 4.64. The van der Waals surface area contributed by atoms with Crippen molar-refractivity contribution in [3.05, 3.63) is 53.8 Å². The van der Waals surface area contributed by atoms with Crippen LogP contribution < -0.4 is 4.74 Å². The minimum Gasteiger partial charge on any atom is -0.493 e. The van der Waals surface area contributed by atoms with Crippen LogP contribution in [0.25, 0.3) is 10.9 Å². The van der Waals surface area contributed by atoms with E-state index in [1.54, 1.807) is 44.3 Å². The van der Waals surface area contributed by atoms with E-state index in [1.807, 2.05) is 0 Å². The number of alkyl halides is 3.